The summed E-state index contributed by atoms with van der Waals surface area (Å²) < 4.78 is 0. The van der Waals surface area contributed by atoms with Crippen molar-refractivity contribution >= 4 is 11.7 Å². The number of aliphatic hydroxyl groups excluding tert-OH is 1. The molecule has 2 unspecified atom stereocenters. The summed E-state index contributed by atoms with van der Waals surface area (Å²) in [5.41, 5.74) is 4.13. The van der Waals surface area contributed by atoms with Crippen LogP contribution in [0.2, 0.25) is 0 Å². The Bertz CT molecular complexity index is 669. The molecular formula is C20H26N2O2. The van der Waals surface area contributed by atoms with Gasteiger partial charge in [-0.25, -0.2) is 4.79 Å². The van der Waals surface area contributed by atoms with E-state index < -0.39 is 6.10 Å². The zero-order valence-electron chi connectivity index (χ0n) is 14.5. The Kier molecular flexibility index (Phi) is 6.38. The number of benzene rings is 2. The van der Waals surface area contributed by atoms with Crippen molar-refractivity contribution < 1.29 is 9.90 Å². The molecule has 0 aliphatic heterocycles. The van der Waals surface area contributed by atoms with E-state index in [9.17, 15) is 9.90 Å². The first-order valence-corrected chi connectivity index (χ1v) is 8.31. The van der Waals surface area contributed by atoms with Crippen LogP contribution in [-0.4, -0.2) is 23.8 Å². The molecule has 128 valence electrons. The monoisotopic (exact) mass is 326 g/mol. The summed E-state index contributed by atoms with van der Waals surface area (Å²) in [4.78, 5) is 12.2. The van der Waals surface area contributed by atoms with Gasteiger partial charge in [0.1, 0.15) is 0 Å². The molecule has 2 aromatic carbocycles. The highest BCUT2D eigenvalue weighted by atomic mass is 16.3. The molecule has 0 spiro atoms. The van der Waals surface area contributed by atoms with E-state index in [4.69, 9.17) is 0 Å². The molecule has 4 heteroatoms. The molecule has 0 aliphatic rings. The van der Waals surface area contributed by atoms with Crippen molar-refractivity contribution in [2.45, 2.75) is 39.2 Å². The first-order valence-electron chi connectivity index (χ1n) is 8.31. The lowest BCUT2D eigenvalue weighted by Gasteiger charge is -2.20. The molecule has 2 aromatic rings. The van der Waals surface area contributed by atoms with E-state index in [0.717, 1.165) is 16.8 Å². The fourth-order valence-electron chi connectivity index (χ4n) is 2.81. The standard InChI is InChI=1S/C20H26N2O2/c1-14-9-10-19(15(2)11-14)22-20(24)21-13-18(12-16(3)23)17-7-5-4-6-8-17/h4-11,16,18,23H,12-13H2,1-3H3,(H2,21,22,24). The lowest BCUT2D eigenvalue weighted by atomic mass is 9.93. The molecule has 0 fully saturated rings. The van der Waals surface area contributed by atoms with Gasteiger partial charge in [-0.1, -0.05) is 48.0 Å². The molecule has 24 heavy (non-hydrogen) atoms. The Morgan fingerprint density at radius 1 is 1.12 bits per heavy atom. The second-order valence-electron chi connectivity index (χ2n) is 6.35. The predicted octanol–water partition coefficient (Wildman–Crippen LogP) is 3.98. The number of hydrogen-bond donors (Lipinski definition) is 3. The Morgan fingerprint density at radius 3 is 2.46 bits per heavy atom. The second kappa shape index (κ2) is 8.50. The summed E-state index contributed by atoms with van der Waals surface area (Å²) in [5.74, 6) is 0.0797. The van der Waals surface area contributed by atoms with E-state index >= 15 is 0 Å². The van der Waals surface area contributed by atoms with Gasteiger partial charge in [0.2, 0.25) is 0 Å². The highest BCUT2D eigenvalue weighted by Gasteiger charge is 2.15. The summed E-state index contributed by atoms with van der Waals surface area (Å²) in [6.45, 7) is 6.25. The van der Waals surface area contributed by atoms with E-state index in [1.807, 2.05) is 62.4 Å². The molecule has 0 aromatic heterocycles. The van der Waals surface area contributed by atoms with Crippen LogP contribution >= 0.6 is 0 Å². The van der Waals surface area contributed by atoms with Crippen molar-refractivity contribution in [2.75, 3.05) is 11.9 Å². The number of hydrogen-bond acceptors (Lipinski definition) is 2. The second-order valence-corrected chi connectivity index (χ2v) is 6.35. The molecule has 2 amide bonds. The van der Waals surface area contributed by atoms with Crippen molar-refractivity contribution in [3.05, 3.63) is 65.2 Å². The zero-order chi connectivity index (χ0) is 17.5. The normalized spacial score (nSPS) is 13.2. The van der Waals surface area contributed by atoms with Gasteiger partial charge >= 0.3 is 6.03 Å². The molecule has 3 N–H and O–H groups in total. The van der Waals surface area contributed by atoms with Gasteiger partial charge < -0.3 is 15.7 Å². The molecule has 2 rings (SSSR count). The third kappa shape index (κ3) is 5.39. The zero-order valence-corrected chi connectivity index (χ0v) is 14.5. The highest BCUT2D eigenvalue weighted by Crippen LogP contribution is 2.21. The topological polar surface area (TPSA) is 61.4 Å². The van der Waals surface area contributed by atoms with Crippen LogP contribution in [0.1, 0.15) is 36.0 Å². The van der Waals surface area contributed by atoms with Gasteiger partial charge in [0.05, 0.1) is 6.10 Å². The number of carbonyl (C=O) groups excluding carboxylic acids is 1. The van der Waals surface area contributed by atoms with Gasteiger partial charge in [0, 0.05) is 18.2 Å². The maximum atomic E-state index is 12.2. The van der Waals surface area contributed by atoms with Crippen molar-refractivity contribution in [3.8, 4) is 0 Å². The molecule has 4 nitrogen and oxygen atoms in total. The van der Waals surface area contributed by atoms with E-state index in [1.54, 1.807) is 6.92 Å². The lowest BCUT2D eigenvalue weighted by Crippen LogP contribution is -2.33. The van der Waals surface area contributed by atoms with Gasteiger partial charge in [0.15, 0.2) is 0 Å². The van der Waals surface area contributed by atoms with Gasteiger partial charge in [0.25, 0.3) is 0 Å². The van der Waals surface area contributed by atoms with Crippen molar-refractivity contribution in [3.63, 3.8) is 0 Å². The number of carbonyl (C=O) groups is 1. The van der Waals surface area contributed by atoms with Gasteiger partial charge in [-0.15, -0.1) is 0 Å². The third-order valence-corrected chi connectivity index (χ3v) is 4.04. The number of aryl methyl sites for hydroxylation is 2. The van der Waals surface area contributed by atoms with Crippen LogP contribution in [0.4, 0.5) is 10.5 Å². The van der Waals surface area contributed by atoms with Crippen LogP contribution in [0.15, 0.2) is 48.5 Å². The third-order valence-electron chi connectivity index (χ3n) is 4.04. The van der Waals surface area contributed by atoms with Crippen LogP contribution in [0.3, 0.4) is 0 Å². The van der Waals surface area contributed by atoms with Crippen molar-refractivity contribution in [1.82, 2.24) is 5.32 Å². The van der Waals surface area contributed by atoms with Crippen molar-refractivity contribution in [1.29, 1.82) is 0 Å². The number of aliphatic hydroxyl groups is 1. The van der Waals surface area contributed by atoms with Crippen LogP contribution in [0.5, 0.6) is 0 Å². The van der Waals surface area contributed by atoms with Gasteiger partial charge in [-0.3, -0.25) is 0 Å². The summed E-state index contributed by atoms with van der Waals surface area (Å²) in [5, 5.41) is 15.5. The fourth-order valence-corrected chi connectivity index (χ4v) is 2.81. The minimum atomic E-state index is -0.417. The minimum Gasteiger partial charge on any atom is -0.393 e. The maximum absolute atomic E-state index is 12.2. The fraction of sp³-hybridized carbons (Fsp3) is 0.350. The molecule has 2 atom stereocenters. The molecule has 0 bridgehead atoms. The lowest BCUT2D eigenvalue weighted by molar-refractivity contribution is 0.173. The quantitative estimate of drug-likeness (QED) is 0.752. The first kappa shape index (κ1) is 18.0. The number of nitrogens with one attached hydrogen (secondary N) is 2. The van der Waals surface area contributed by atoms with Crippen LogP contribution < -0.4 is 10.6 Å². The Morgan fingerprint density at radius 2 is 1.83 bits per heavy atom. The van der Waals surface area contributed by atoms with Crippen LogP contribution in [-0.2, 0) is 0 Å². The van der Waals surface area contributed by atoms with Crippen molar-refractivity contribution in [2.24, 2.45) is 0 Å². The number of amides is 2. The van der Waals surface area contributed by atoms with E-state index in [2.05, 4.69) is 10.6 Å². The average molecular weight is 326 g/mol. The maximum Gasteiger partial charge on any atom is 0.319 e. The van der Waals surface area contributed by atoms with Crippen LogP contribution in [0, 0.1) is 13.8 Å². The largest absolute Gasteiger partial charge is 0.393 e. The average Bonchev–Trinajstić information content (AvgIpc) is 2.54. The summed E-state index contributed by atoms with van der Waals surface area (Å²) in [7, 11) is 0. The summed E-state index contributed by atoms with van der Waals surface area (Å²) in [6, 6.07) is 15.7. The van der Waals surface area contributed by atoms with E-state index in [-0.39, 0.29) is 11.9 Å². The molecule has 0 radical (unpaired) electrons. The Labute approximate surface area is 143 Å². The summed E-state index contributed by atoms with van der Waals surface area (Å²) in [6.07, 6.45) is 0.188. The highest BCUT2D eigenvalue weighted by molar-refractivity contribution is 5.90. The first-order chi connectivity index (χ1) is 11.5. The Balaban J connectivity index is 1.97. The van der Waals surface area contributed by atoms with Crippen LogP contribution in [0.25, 0.3) is 0 Å². The molecule has 0 saturated heterocycles. The number of anilines is 1. The minimum absolute atomic E-state index is 0.0797. The van der Waals surface area contributed by atoms with E-state index in [0.29, 0.717) is 13.0 Å². The molecule has 0 aliphatic carbocycles. The molecular weight excluding hydrogens is 300 g/mol. The number of rotatable bonds is 6. The molecule has 0 saturated carbocycles. The number of urea groups is 1. The van der Waals surface area contributed by atoms with E-state index in [1.165, 1.54) is 5.56 Å². The smallest absolute Gasteiger partial charge is 0.319 e. The predicted molar refractivity (Wildman–Crippen MR) is 98.4 cm³/mol. The Hall–Kier alpha value is -2.33. The van der Waals surface area contributed by atoms with Gasteiger partial charge in [-0.05, 0) is 44.4 Å². The molecule has 0 heterocycles. The SMILES string of the molecule is Cc1ccc(NC(=O)NCC(CC(C)O)c2ccccc2)c(C)c1. The van der Waals surface area contributed by atoms with Gasteiger partial charge in [-0.2, -0.15) is 0 Å². The summed E-state index contributed by atoms with van der Waals surface area (Å²) >= 11 is 0.